The molecule has 1 amide bonds. The second kappa shape index (κ2) is 9.59. The third-order valence-electron chi connectivity index (χ3n) is 4.55. The Labute approximate surface area is 170 Å². The van der Waals surface area contributed by atoms with Gasteiger partial charge in [0.15, 0.2) is 18.1 Å². The zero-order valence-corrected chi connectivity index (χ0v) is 16.7. The molecule has 1 N–H and O–H groups in total. The zero-order valence-electron chi connectivity index (χ0n) is 16.7. The van der Waals surface area contributed by atoms with Crippen LogP contribution < -0.4 is 14.8 Å². The first-order valence-electron chi connectivity index (χ1n) is 9.26. The first-order valence-corrected chi connectivity index (χ1v) is 9.26. The summed E-state index contributed by atoms with van der Waals surface area (Å²) in [7, 11) is 3.12. The summed E-state index contributed by atoms with van der Waals surface area (Å²) < 4.78 is 10.6. The van der Waals surface area contributed by atoms with Crippen molar-refractivity contribution in [3.8, 4) is 11.5 Å². The average molecular weight is 392 g/mol. The molecule has 0 radical (unpaired) electrons. The fourth-order valence-corrected chi connectivity index (χ4v) is 3.05. The molecule has 0 saturated heterocycles. The molecule has 0 saturated carbocycles. The number of benzene rings is 3. The van der Waals surface area contributed by atoms with Gasteiger partial charge in [0.05, 0.1) is 26.5 Å². The molecule has 3 rings (SSSR count). The Kier molecular flexibility index (Phi) is 6.68. The topological polar surface area (TPSA) is 69.2 Å². The number of para-hydroxylation sites is 1. The molecule has 0 heterocycles. The Morgan fingerprint density at radius 2 is 1.83 bits per heavy atom. The van der Waals surface area contributed by atoms with Crippen LogP contribution in [0.3, 0.4) is 0 Å². The van der Waals surface area contributed by atoms with Crippen molar-refractivity contribution in [1.82, 2.24) is 5.32 Å². The fourth-order valence-electron chi connectivity index (χ4n) is 3.05. The first-order chi connectivity index (χ1) is 14.1. The maximum absolute atomic E-state index is 12.2. The van der Waals surface area contributed by atoms with E-state index in [1.165, 1.54) is 11.6 Å². The van der Waals surface area contributed by atoms with E-state index in [1.54, 1.807) is 20.3 Å². The number of amides is 1. The van der Waals surface area contributed by atoms with Crippen LogP contribution in [-0.2, 0) is 9.63 Å². The monoisotopic (exact) mass is 392 g/mol. The highest BCUT2D eigenvalue weighted by Gasteiger charge is 2.11. The van der Waals surface area contributed by atoms with Crippen LogP contribution in [0.1, 0.15) is 24.1 Å². The average Bonchev–Trinajstić information content (AvgIpc) is 2.75. The van der Waals surface area contributed by atoms with Crippen LogP contribution in [0, 0.1) is 0 Å². The number of methoxy groups -OCH3 is 2. The summed E-state index contributed by atoms with van der Waals surface area (Å²) in [6.07, 6.45) is 1.49. The minimum Gasteiger partial charge on any atom is -0.493 e. The van der Waals surface area contributed by atoms with Crippen molar-refractivity contribution in [2.45, 2.75) is 13.0 Å². The largest absolute Gasteiger partial charge is 0.493 e. The minimum absolute atomic E-state index is 0.141. The third kappa shape index (κ3) is 5.04. The van der Waals surface area contributed by atoms with Gasteiger partial charge in [-0.05, 0) is 41.5 Å². The van der Waals surface area contributed by atoms with Gasteiger partial charge in [-0.2, -0.15) is 0 Å². The van der Waals surface area contributed by atoms with Crippen LogP contribution in [0.2, 0.25) is 0 Å². The van der Waals surface area contributed by atoms with E-state index in [2.05, 4.69) is 34.7 Å². The van der Waals surface area contributed by atoms with Crippen LogP contribution in [0.15, 0.2) is 65.8 Å². The van der Waals surface area contributed by atoms with E-state index in [4.69, 9.17) is 14.3 Å². The molecule has 3 aromatic rings. The van der Waals surface area contributed by atoms with Crippen LogP contribution in [0.4, 0.5) is 0 Å². The molecule has 3 aromatic carbocycles. The van der Waals surface area contributed by atoms with E-state index in [0.717, 1.165) is 10.9 Å². The smallest absolute Gasteiger partial charge is 0.261 e. The summed E-state index contributed by atoms with van der Waals surface area (Å²) in [5.41, 5.74) is 1.72. The molecule has 0 aliphatic heterocycles. The van der Waals surface area contributed by atoms with Gasteiger partial charge in [-0.1, -0.05) is 47.6 Å². The van der Waals surface area contributed by atoms with Crippen molar-refractivity contribution in [2.24, 2.45) is 5.16 Å². The van der Waals surface area contributed by atoms with Crippen molar-refractivity contribution >= 4 is 22.9 Å². The Morgan fingerprint density at radius 1 is 1.03 bits per heavy atom. The summed E-state index contributed by atoms with van der Waals surface area (Å²) in [5.74, 6) is 0.899. The molecule has 0 spiro atoms. The molecule has 0 aliphatic rings. The molecule has 0 aromatic heterocycles. The van der Waals surface area contributed by atoms with Crippen molar-refractivity contribution in [2.75, 3.05) is 20.8 Å². The number of hydrogen-bond donors (Lipinski definition) is 1. The molecule has 150 valence electrons. The molecule has 0 aliphatic carbocycles. The number of nitrogens with zero attached hydrogens (tertiary/aromatic N) is 1. The lowest BCUT2D eigenvalue weighted by Crippen LogP contribution is -2.29. The van der Waals surface area contributed by atoms with Crippen molar-refractivity contribution in [3.63, 3.8) is 0 Å². The van der Waals surface area contributed by atoms with Gasteiger partial charge < -0.3 is 19.6 Å². The maximum Gasteiger partial charge on any atom is 0.261 e. The van der Waals surface area contributed by atoms with Crippen molar-refractivity contribution in [3.05, 3.63) is 71.8 Å². The summed E-state index contributed by atoms with van der Waals surface area (Å²) in [4.78, 5) is 17.3. The van der Waals surface area contributed by atoms with Crippen LogP contribution in [-0.4, -0.2) is 32.9 Å². The quantitative estimate of drug-likeness (QED) is 0.463. The number of ether oxygens (including phenoxy) is 2. The summed E-state index contributed by atoms with van der Waals surface area (Å²) in [6.45, 7) is 1.76. The molecular formula is C23H24N2O4. The van der Waals surface area contributed by atoms with Gasteiger partial charge >= 0.3 is 0 Å². The second-order valence-corrected chi connectivity index (χ2v) is 6.49. The zero-order chi connectivity index (χ0) is 20.6. The molecule has 6 heteroatoms. The highest BCUT2D eigenvalue weighted by atomic mass is 16.6. The second-order valence-electron chi connectivity index (χ2n) is 6.49. The van der Waals surface area contributed by atoms with E-state index < -0.39 is 0 Å². The lowest BCUT2D eigenvalue weighted by Gasteiger charge is -2.14. The number of rotatable bonds is 8. The van der Waals surface area contributed by atoms with Gasteiger partial charge in [-0.15, -0.1) is 0 Å². The number of fused-ring (bicyclic) bond motifs is 1. The number of hydrogen-bond acceptors (Lipinski definition) is 5. The van der Waals surface area contributed by atoms with Crippen LogP contribution in [0.25, 0.3) is 10.8 Å². The Hall–Kier alpha value is -3.54. The van der Waals surface area contributed by atoms with Gasteiger partial charge in [0, 0.05) is 5.56 Å². The Balaban J connectivity index is 1.55. The number of oxime groups is 1. The molecule has 6 nitrogen and oxygen atoms in total. The molecule has 0 unspecified atom stereocenters. The van der Waals surface area contributed by atoms with Gasteiger partial charge in [-0.25, -0.2) is 0 Å². The summed E-state index contributed by atoms with van der Waals surface area (Å²) in [5, 5.41) is 9.09. The van der Waals surface area contributed by atoms with Crippen LogP contribution in [0.5, 0.6) is 11.5 Å². The predicted molar refractivity (Wildman–Crippen MR) is 114 cm³/mol. The number of nitrogens with one attached hydrogen (secondary N) is 1. The molecule has 1 atom stereocenters. The normalized spacial score (nSPS) is 12.0. The highest BCUT2D eigenvalue weighted by molar-refractivity contribution is 5.85. The minimum atomic E-state index is -0.250. The highest BCUT2D eigenvalue weighted by Crippen LogP contribution is 2.29. The Bertz CT molecular complexity index is 1020. The summed E-state index contributed by atoms with van der Waals surface area (Å²) in [6, 6.07) is 19.5. The molecule has 0 fully saturated rings. The fraction of sp³-hybridized carbons (Fsp3) is 0.217. The SMILES string of the molecule is COc1cccc(/C=N\OCC(=O)N[C@@H](C)c2ccc3ccccc3c2)c1OC. The molecule has 29 heavy (non-hydrogen) atoms. The van der Waals surface area contributed by atoms with E-state index >= 15 is 0 Å². The van der Waals surface area contributed by atoms with E-state index in [1.807, 2.05) is 37.3 Å². The van der Waals surface area contributed by atoms with Gasteiger partial charge in [0.2, 0.25) is 0 Å². The van der Waals surface area contributed by atoms with E-state index in [9.17, 15) is 4.79 Å². The van der Waals surface area contributed by atoms with Gasteiger partial charge in [0.25, 0.3) is 5.91 Å². The summed E-state index contributed by atoms with van der Waals surface area (Å²) >= 11 is 0. The van der Waals surface area contributed by atoms with Gasteiger partial charge in [-0.3, -0.25) is 4.79 Å². The van der Waals surface area contributed by atoms with E-state index in [-0.39, 0.29) is 18.6 Å². The standard InChI is InChI=1S/C23H24N2O4/c1-16(18-12-11-17-7-4-5-8-19(17)13-18)25-22(26)15-29-24-14-20-9-6-10-21(27-2)23(20)28-3/h4-14,16H,15H2,1-3H3,(H,25,26)/b24-14-/t16-/m0/s1. The predicted octanol–water partition coefficient (Wildman–Crippen LogP) is 4.08. The number of carbonyl (C=O) groups is 1. The lowest BCUT2D eigenvalue weighted by molar-refractivity contribution is -0.126. The van der Waals surface area contributed by atoms with Gasteiger partial charge in [0.1, 0.15) is 0 Å². The molecular weight excluding hydrogens is 368 g/mol. The maximum atomic E-state index is 12.2. The first kappa shape index (κ1) is 20.2. The molecule has 0 bridgehead atoms. The lowest BCUT2D eigenvalue weighted by atomic mass is 10.0. The van der Waals surface area contributed by atoms with Crippen molar-refractivity contribution in [1.29, 1.82) is 0 Å². The number of carbonyl (C=O) groups excluding carboxylic acids is 1. The van der Waals surface area contributed by atoms with E-state index in [0.29, 0.717) is 17.1 Å². The third-order valence-corrected chi connectivity index (χ3v) is 4.55. The van der Waals surface area contributed by atoms with Crippen molar-refractivity contribution < 1.29 is 19.1 Å². The van der Waals surface area contributed by atoms with Crippen LogP contribution >= 0.6 is 0 Å². The Morgan fingerprint density at radius 3 is 2.59 bits per heavy atom.